The standard InChI is InChI=1S/C13H30N4O/c1-15-9-6-4-5-7-11-17(2)12-8-10-16-13(14)18-3/h15H,4-12H2,1-3H3,(H2,14,16). The number of hydrogen-bond acceptors (Lipinski definition) is 4. The van der Waals surface area contributed by atoms with Gasteiger partial charge in [-0.2, -0.15) is 0 Å². The van der Waals surface area contributed by atoms with Crippen molar-refractivity contribution in [2.75, 3.05) is 47.4 Å². The molecule has 108 valence electrons. The summed E-state index contributed by atoms with van der Waals surface area (Å²) in [6, 6.07) is 0.280. The van der Waals surface area contributed by atoms with Gasteiger partial charge >= 0.3 is 0 Å². The van der Waals surface area contributed by atoms with Crippen LogP contribution in [-0.2, 0) is 4.74 Å². The van der Waals surface area contributed by atoms with Crippen molar-refractivity contribution in [2.24, 2.45) is 10.7 Å². The number of nitrogens with one attached hydrogen (secondary N) is 1. The van der Waals surface area contributed by atoms with E-state index in [9.17, 15) is 0 Å². The van der Waals surface area contributed by atoms with Gasteiger partial charge in [0.05, 0.1) is 7.11 Å². The molecule has 0 saturated carbocycles. The molecule has 5 heteroatoms. The number of rotatable bonds is 11. The van der Waals surface area contributed by atoms with Crippen molar-refractivity contribution in [3.8, 4) is 0 Å². The maximum absolute atomic E-state index is 5.44. The van der Waals surface area contributed by atoms with Gasteiger partial charge in [-0.25, -0.2) is 4.99 Å². The first-order chi connectivity index (χ1) is 8.70. The van der Waals surface area contributed by atoms with Gasteiger partial charge in [0.15, 0.2) is 0 Å². The summed E-state index contributed by atoms with van der Waals surface area (Å²) in [5.41, 5.74) is 5.44. The number of aliphatic imine (C=N–C) groups is 1. The van der Waals surface area contributed by atoms with Crippen LogP contribution in [-0.4, -0.2) is 58.3 Å². The van der Waals surface area contributed by atoms with Gasteiger partial charge in [-0.1, -0.05) is 12.8 Å². The number of methoxy groups -OCH3 is 1. The van der Waals surface area contributed by atoms with E-state index < -0.39 is 0 Å². The van der Waals surface area contributed by atoms with Crippen LogP contribution in [0.25, 0.3) is 0 Å². The molecule has 0 amide bonds. The molecule has 0 aliphatic rings. The molecule has 0 unspecified atom stereocenters. The van der Waals surface area contributed by atoms with Crippen molar-refractivity contribution in [3.63, 3.8) is 0 Å². The molecule has 0 aliphatic heterocycles. The average Bonchev–Trinajstić information content (AvgIpc) is 2.38. The lowest BCUT2D eigenvalue weighted by Crippen LogP contribution is -2.22. The number of amidine groups is 1. The smallest absolute Gasteiger partial charge is 0.281 e. The lowest BCUT2D eigenvalue weighted by molar-refractivity contribution is 0.320. The van der Waals surface area contributed by atoms with Gasteiger partial charge in [0.2, 0.25) is 0 Å². The lowest BCUT2D eigenvalue weighted by Gasteiger charge is -2.15. The van der Waals surface area contributed by atoms with Crippen LogP contribution in [0, 0.1) is 0 Å². The van der Waals surface area contributed by atoms with Gasteiger partial charge in [0, 0.05) is 6.54 Å². The number of nitrogens with two attached hydrogens (primary N) is 1. The number of unbranched alkanes of at least 4 members (excludes halogenated alkanes) is 3. The Morgan fingerprint density at radius 1 is 1.17 bits per heavy atom. The van der Waals surface area contributed by atoms with Crippen molar-refractivity contribution < 1.29 is 4.74 Å². The summed E-state index contributed by atoms with van der Waals surface area (Å²) in [4.78, 5) is 6.44. The van der Waals surface area contributed by atoms with Gasteiger partial charge in [-0.3, -0.25) is 0 Å². The van der Waals surface area contributed by atoms with E-state index in [0.29, 0.717) is 0 Å². The lowest BCUT2D eigenvalue weighted by atomic mass is 10.2. The first kappa shape index (κ1) is 17.2. The maximum atomic E-state index is 5.44. The average molecular weight is 258 g/mol. The molecular weight excluding hydrogens is 228 g/mol. The SMILES string of the molecule is CNCCCCCCN(C)CCCN=C(N)OC. The van der Waals surface area contributed by atoms with Crippen molar-refractivity contribution in [3.05, 3.63) is 0 Å². The van der Waals surface area contributed by atoms with Crippen molar-refractivity contribution in [2.45, 2.75) is 32.1 Å². The summed E-state index contributed by atoms with van der Waals surface area (Å²) in [5, 5.41) is 3.17. The largest absolute Gasteiger partial charge is 0.469 e. The highest BCUT2D eigenvalue weighted by molar-refractivity contribution is 5.71. The monoisotopic (exact) mass is 258 g/mol. The molecule has 0 spiro atoms. The molecule has 0 fully saturated rings. The zero-order valence-electron chi connectivity index (χ0n) is 12.2. The first-order valence-electron chi connectivity index (χ1n) is 6.87. The van der Waals surface area contributed by atoms with Crippen molar-refractivity contribution in [1.29, 1.82) is 0 Å². The third-order valence-corrected chi connectivity index (χ3v) is 2.89. The Bertz CT molecular complexity index is 209. The van der Waals surface area contributed by atoms with E-state index in [-0.39, 0.29) is 6.02 Å². The molecular formula is C13H30N4O. The quantitative estimate of drug-likeness (QED) is 0.330. The molecule has 3 N–H and O–H groups in total. The van der Waals surface area contributed by atoms with Crippen LogP contribution in [0.3, 0.4) is 0 Å². The molecule has 0 aliphatic carbocycles. The maximum Gasteiger partial charge on any atom is 0.281 e. The van der Waals surface area contributed by atoms with Gasteiger partial charge in [0.25, 0.3) is 6.02 Å². The zero-order chi connectivity index (χ0) is 13.6. The minimum atomic E-state index is 0.280. The Hall–Kier alpha value is -0.810. The molecule has 0 aromatic carbocycles. The van der Waals surface area contributed by atoms with Crippen LogP contribution in [0.15, 0.2) is 4.99 Å². The highest BCUT2D eigenvalue weighted by atomic mass is 16.5. The summed E-state index contributed by atoms with van der Waals surface area (Å²) in [5.74, 6) is 0. The predicted octanol–water partition coefficient (Wildman–Crippen LogP) is 1.05. The molecule has 0 radical (unpaired) electrons. The van der Waals surface area contributed by atoms with Crippen LogP contribution < -0.4 is 11.1 Å². The predicted molar refractivity (Wildman–Crippen MR) is 78.0 cm³/mol. The van der Waals surface area contributed by atoms with Crippen LogP contribution >= 0.6 is 0 Å². The van der Waals surface area contributed by atoms with Crippen LogP contribution in [0.1, 0.15) is 32.1 Å². The zero-order valence-corrected chi connectivity index (χ0v) is 12.2. The van der Waals surface area contributed by atoms with E-state index >= 15 is 0 Å². The molecule has 0 aromatic rings. The van der Waals surface area contributed by atoms with Crippen molar-refractivity contribution in [1.82, 2.24) is 10.2 Å². The number of hydrogen-bond donors (Lipinski definition) is 2. The van der Waals surface area contributed by atoms with E-state index in [1.807, 2.05) is 7.05 Å². The summed E-state index contributed by atoms with van der Waals surface area (Å²) < 4.78 is 4.78. The van der Waals surface area contributed by atoms with Gasteiger partial charge in [0.1, 0.15) is 0 Å². The topological polar surface area (TPSA) is 62.9 Å². The Kier molecular flexibility index (Phi) is 12.1. The second-order valence-corrected chi connectivity index (χ2v) is 4.60. The third kappa shape index (κ3) is 11.7. The van der Waals surface area contributed by atoms with Gasteiger partial charge < -0.3 is 20.7 Å². The molecule has 0 heterocycles. The molecule has 0 atom stereocenters. The Morgan fingerprint density at radius 3 is 2.50 bits per heavy atom. The van der Waals surface area contributed by atoms with E-state index in [1.54, 1.807) is 7.11 Å². The summed E-state index contributed by atoms with van der Waals surface area (Å²) >= 11 is 0. The Balaban J connectivity index is 3.29. The minimum Gasteiger partial charge on any atom is -0.469 e. The summed E-state index contributed by atoms with van der Waals surface area (Å²) in [6.07, 6.45) is 6.24. The summed E-state index contributed by atoms with van der Waals surface area (Å²) in [6.45, 7) is 4.11. The van der Waals surface area contributed by atoms with Crippen LogP contribution in [0.5, 0.6) is 0 Å². The second-order valence-electron chi connectivity index (χ2n) is 4.60. The minimum absolute atomic E-state index is 0.280. The van der Waals surface area contributed by atoms with Gasteiger partial charge in [-0.15, -0.1) is 0 Å². The fraction of sp³-hybridized carbons (Fsp3) is 0.923. The fourth-order valence-electron chi connectivity index (χ4n) is 1.74. The molecule has 5 nitrogen and oxygen atoms in total. The van der Waals surface area contributed by atoms with E-state index in [2.05, 4.69) is 22.3 Å². The van der Waals surface area contributed by atoms with Crippen LogP contribution in [0.2, 0.25) is 0 Å². The molecule has 0 bridgehead atoms. The third-order valence-electron chi connectivity index (χ3n) is 2.89. The van der Waals surface area contributed by atoms with E-state index in [4.69, 9.17) is 10.5 Å². The Morgan fingerprint density at radius 2 is 1.83 bits per heavy atom. The molecule has 0 rings (SSSR count). The number of nitrogens with zero attached hydrogens (tertiary/aromatic N) is 2. The highest BCUT2D eigenvalue weighted by Crippen LogP contribution is 2.00. The molecule has 0 saturated heterocycles. The normalized spacial score (nSPS) is 12.1. The molecule has 18 heavy (non-hydrogen) atoms. The first-order valence-corrected chi connectivity index (χ1v) is 6.87. The number of ether oxygens (including phenoxy) is 1. The second kappa shape index (κ2) is 12.6. The Labute approximate surface area is 112 Å². The fourth-order valence-corrected chi connectivity index (χ4v) is 1.74. The van der Waals surface area contributed by atoms with E-state index in [1.165, 1.54) is 32.2 Å². The highest BCUT2D eigenvalue weighted by Gasteiger charge is 1.98. The van der Waals surface area contributed by atoms with Crippen LogP contribution in [0.4, 0.5) is 0 Å². The van der Waals surface area contributed by atoms with Gasteiger partial charge in [-0.05, 0) is 53.0 Å². The van der Waals surface area contributed by atoms with E-state index in [0.717, 1.165) is 26.1 Å². The summed E-state index contributed by atoms with van der Waals surface area (Å²) in [7, 11) is 5.71. The molecule has 0 aromatic heterocycles. The van der Waals surface area contributed by atoms with Crippen molar-refractivity contribution >= 4 is 6.02 Å².